The van der Waals surface area contributed by atoms with Crippen molar-refractivity contribution in [2.75, 3.05) is 16.5 Å². The third-order valence-corrected chi connectivity index (χ3v) is 4.62. The van der Waals surface area contributed by atoms with Crippen molar-refractivity contribution in [2.45, 2.75) is 13.3 Å². The lowest BCUT2D eigenvalue weighted by Gasteiger charge is -2.15. The van der Waals surface area contributed by atoms with Gasteiger partial charge < -0.3 is 14.7 Å². The fourth-order valence-electron chi connectivity index (χ4n) is 3.30. The summed E-state index contributed by atoms with van der Waals surface area (Å²) in [6.45, 7) is 2.69. The maximum Gasteiger partial charge on any atom is 0.309 e. The molecule has 0 aliphatic carbocycles. The number of allylic oxidation sites excluding steroid dienone is 2. The Morgan fingerprint density at radius 2 is 1.83 bits per heavy atom. The van der Waals surface area contributed by atoms with E-state index in [4.69, 9.17) is 4.74 Å². The maximum absolute atomic E-state index is 12.9. The monoisotopic (exact) mass is 389 g/mol. The number of amides is 1. The summed E-state index contributed by atoms with van der Waals surface area (Å²) in [7, 11) is 0. The molecule has 2 aromatic rings. The van der Waals surface area contributed by atoms with Crippen LogP contribution in [0.25, 0.3) is 0 Å². The fraction of sp³-hybridized carbons (Fsp3) is 0.136. The number of rotatable bonds is 5. The smallest absolute Gasteiger partial charge is 0.309 e. The van der Waals surface area contributed by atoms with Gasteiger partial charge in [0.2, 0.25) is 5.88 Å². The molecule has 0 saturated heterocycles. The van der Waals surface area contributed by atoms with Crippen molar-refractivity contribution in [3.63, 3.8) is 0 Å². The Labute approximate surface area is 167 Å². The number of carboxylic acids is 1. The summed E-state index contributed by atoms with van der Waals surface area (Å²) in [4.78, 5) is 26.2. The minimum atomic E-state index is -1.05. The van der Waals surface area contributed by atoms with E-state index in [-0.39, 0.29) is 23.6 Å². The Bertz CT molecular complexity index is 1060. The van der Waals surface area contributed by atoms with E-state index in [1.165, 1.54) is 5.01 Å². The topological polar surface area (TPSA) is 82.4 Å². The van der Waals surface area contributed by atoms with E-state index in [0.29, 0.717) is 18.1 Å². The molecule has 0 unspecified atom stereocenters. The van der Waals surface area contributed by atoms with Crippen LogP contribution in [0.2, 0.25) is 0 Å². The van der Waals surface area contributed by atoms with Crippen LogP contribution in [-0.2, 0) is 9.59 Å². The number of anilines is 2. The van der Waals surface area contributed by atoms with Crippen LogP contribution in [0, 0.1) is 0 Å². The molecule has 7 nitrogen and oxygen atoms in total. The highest BCUT2D eigenvalue weighted by Crippen LogP contribution is 2.38. The summed E-state index contributed by atoms with van der Waals surface area (Å²) in [5.74, 6) is -0.114. The summed E-state index contributed by atoms with van der Waals surface area (Å²) in [5.41, 5.74) is 1.97. The van der Waals surface area contributed by atoms with E-state index in [9.17, 15) is 14.7 Å². The van der Waals surface area contributed by atoms with E-state index < -0.39 is 5.97 Å². The number of carbonyl (C=O) groups is 2. The van der Waals surface area contributed by atoms with Crippen LogP contribution in [0.1, 0.15) is 13.3 Å². The predicted molar refractivity (Wildman–Crippen MR) is 110 cm³/mol. The number of carboxylic acid groups (broad SMARTS) is 1. The average Bonchev–Trinajstić information content (AvgIpc) is 3.23. The van der Waals surface area contributed by atoms with Gasteiger partial charge in [-0.25, -0.2) is 0 Å². The maximum atomic E-state index is 12.9. The standard InChI is InChI=1S/C22H19N3O4/c1-2-24-18-10-6-7-11-19(18)29-20(24)13-12-16-17(14-21(26)27)23-25(22(16)28)15-8-4-3-5-9-15/h3-13H,2,14H2,1H3,(H,26,27). The molecule has 2 heterocycles. The van der Waals surface area contributed by atoms with Crippen LogP contribution in [0.15, 0.2) is 83.3 Å². The molecule has 0 saturated carbocycles. The molecular weight excluding hydrogens is 370 g/mol. The molecule has 7 heteroatoms. The van der Waals surface area contributed by atoms with Crippen LogP contribution in [0.3, 0.4) is 0 Å². The second kappa shape index (κ2) is 7.63. The van der Waals surface area contributed by atoms with Gasteiger partial charge in [-0.1, -0.05) is 30.3 Å². The molecule has 0 atom stereocenters. The Morgan fingerprint density at radius 1 is 1.10 bits per heavy atom. The summed E-state index contributed by atoms with van der Waals surface area (Å²) < 4.78 is 5.89. The molecule has 0 spiro atoms. The van der Waals surface area contributed by atoms with E-state index >= 15 is 0 Å². The number of ether oxygens (including phenoxy) is 1. The van der Waals surface area contributed by atoms with E-state index in [2.05, 4.69) is 5.10 Å². The Balaban J connectivity index is 1.68. The SMILES string of the molecule is CCN1C(=CC=C2C(=O)N(c3ccccc3)N=C2CC(=O)O)Oc2ccccc21. The molecule has 29 heavy (non-hydrogen) atoms. The number of benzene rings is 2. The highest BCUT2D eigenvalue weighted by atomic mass is 16.5. The number of carbonyl (C=O) groups excluding carboxylic acids is 1. The van der Waals surface area contributed by atoms with Crippen LogP contribution in [0.4, 0.5) is 11.4 Å². The first kappa shape index (κ1) is 18.5. The number of hydrogen-bond acceptors (Lipinski definition) is 5. The second-order valence-electron chi connectivity index (χ2n) is 6.47. The normalized spacial score (nSPS) is 18.2. The lowest BCUT2D eigenvalue weighted by Crippen LogP contribution is -2.22. The molecule has 2 aliphatic rings. The molecule has 2 aliphatic heterocycles. The summed E-state index contributed by atoms with van der Waals surface area (Å²) >= 11 is 0. The molecule has 4 rings (SSSR count). The number of nitrogens with zero attached hydrogens (tertiary/aromatic N) is 3. The van der Waals surface area contributed by atoms with Crippen molar-refractivity contribution < 1.29 is 19.4 Å². The number of hydrogen-bond donors (Lipinski definition) is 1. The largest absolute Gasteiger partial charge is 0.481 e. The molecule has 146 valence electrons. The van der Waals surface area contributed by atoms with Crippen molar-refractivity contribution in [3.8, 4) is 5.75 Å². The Kier molecular flexibility index (Phi) is 4.87. The number of aliphatic carboxylic acids is 1. The van der Waals surface area contributed by atoms with Gasteiger partial charge in [0.05, 0.1) is 29.1 Å². The first-order valence-corrected chi connectivity index (χ1v) is 9.24. The zero-order valence-electron chi connectivity index (χ0n) is 15.8. The van der Waals surface area contributed by atoms with Gasteiger partial charge in [-0.3, -0.25) is 9.59 Å². The molecule has 1 N–H and O–H groups in total. The summed E-state index contributed by atoms with van der Waals surface area (Å²) in [6, 6.07) is 16.6. The zero-order chi connectivity index (χ0) is 20.4. The first-order valence-electron chi connectivity index (χ1n) is 9.24. The van der Waals surface area contributed by atoms with Crippen LogP contribution >= 0.6 is 0 Å². The Morgan fingerprint density at radius 3 is 2.55 bits per heavy atom. The van der Waals surface area contributed by atoms with Gasteiger partial charge in [0.1, 0.15) is 0 Å². The summed E-state index contributed by atoms with van der Waals surface area (Å²) in [6.07, 6.45) is 2.92. The van der Waals surface area contributed by atoms with Crippen LogP contribution < -0.4 is 14.6 Å². The number of para-hydroxylation sites is 3. The van der Waals surface area contributed by atoms with Gasteiger partial charge in [0, 0.05) is 6.54 Å². The van der Waals surface area contributed by atoms with Gasteiger partial charge in [0.25, 0.3) is 5.91 Å². The van der Waals surface area contributed by atoms with Gasteiger partial charge in [-0.15, -0.1) is 0 Å². The third-order valence-electron chi connectivity index (χ3n) is 4.62. The predicted octanol–water partition coefficient (Wildman–Crippen LogP) is 3.55. The van der Waals surface area contributed by atoms with Crippen molar-refractivity contribution in [3.05, 3.63) is 78.2 Å². The lowest BCUT2D eigenvalue weighted by atomic mass is 10.1. The van der Waals surface area contributed by atoms with Crippen molar-refractivity contribution in [1.29, 1.82) is 0 Å². The van der Waals surface area contributed by atoms with Crippen LogP contribution in [0.5, 0.6) is 5.75 Å². The average molecular weight is 389 g/mol. The minimum absolute atomic E-state index is 0.210. The Hall–Kier alpha value is -3.87. The second-order valence-corrected chi connectivity index (χ2v) is 6.47. The number of fused-ring (bicyclic) bond motifs is 1. The summed E-state index contributed by atoms with van der Waals surface area (Å²) in [5, 5.41) is 14.7. The minimum Gasteiger partial charge on any atom is -0.481 e. The molecule has 0 bridgehead atoms. The van der Waals surface area contributed by atoms with E-state index in [1.54, 1.807) is 36.4 Å². The lowest BCUT2D eigenvalue weighted by molar-refractivity contribution is -0.135. The first-order chi connectivity index (χ1) is 14.1. The van der Waals surface area contributed by atoms with Crippen molar-refractivity contribution in [2.24, 2.45) is 5.10 Å². The molecule has 0 radical (unpaired) electrons. The highest BCUT2D eigenvalue weighted by molar-refractivity contribution is 6.32. The van der Waals surface area contributed by atoms with Crippen LogP contribution in [-0.4, -0.2) is 29.2 Å². The van der Waals surface area contributed by atoms with Gasteiger partial charge in [0.15, 0.2) is 5.75 Å². The van der Waals surface area contributed by atoms with Gasteiger partial charge in [-0.05, 0) is 43.3 Å². The molecular formula is C22H19N3O4. The highest BCUT2D eigenvalue weighted by Gasteiger charge is 2.32. The fourth-order valence-corrected chi connectivity index (χ4v) is 3.30. The van der Waals surface area contributed by atoms with Gasteiger partial charge in [-0.2, -0.15) is 10.1 Å². The van der Waals surface area contributed by atoms with Crippen molar-refractivity contribution in [1.82, 2.24) is 0 Å². The third kappa shape index (κ3) is 3.50. The van der Waals surface area contributed by atoms with E-state index in [1.807, 2.05) is 42.2 Å². The molecule has 0 aromatic heterocycles. The number of hydrazone groups is 1. The quantitative estimate of drug-likeness (QED) is 0.791. The van der Waals surface area contributed by atoms with Gasteiger partial charge >= 0.3 is 5.97 Å². The molecule has 0 fully saturated rings. The zero-order valence-corrected chi connectivity index (χ0v) is 15.8. The molecule has 2 aromatic carbocycles. The van der Waals surface area contributed by atoms with E-state index in [0.717, 1.165) is 11.4 Å². The van der Waals surface area contributed by atoms with Crippen molar-refractivity contribution >= 4 is 29.0 Å². The molecule has 1 amide bonds.